The van der Waals surface area contributed by atoms with Crippen molar-refractivity contribution in [2.24, 2.45) is 4.99 Å². The molecule has 1 saturated heterocycles. The van der Waals surface area contributed by atoms with Crippen molar-refractivity contribution in [2.45, 2.75) is 11.8 Å². The highest BCUT2D eigenvalue weighted by molar-refractivity contribution is 8.72. The number of para-hydroxylation sites is 1. The molecule has 0 N–H and O–H groups in total. The van der Waals surface area contributed by atoms with Crippen LogP contribution in [0.2, 0.25) is 0 Å². The molecule has 8 nitrogen and oxygen atoms in total. The lowest BCUT2D eigenvalue weighted by molar-refractivity contribution is -0.115. The number of hydrogen-bond donors (Lipinski definition) is 0. The molecule has 0 bridgehead atoms. The summed E-state index contributed by atoms with van der Waals surface area (Å²) in [4.78, 5) is 42.7. The van der Waals surface area contributed by atoms with Gasteiger partial charge in [-0.05, 0) is 47.2 Å². The van der Waals surface area contributed by atoms with Crippen molar-refractivity contribution < 1.29 is 22.4 Å². The lowest BCUT2D eigenvalue weighted by atomic mass is 10.2. The van der Waals surface area contributed by atoms with Crippen LogP contribution < -0.4 is 10.5 Å². The van der Waals surface area contributed by atoms with Crippen LogP contribution in [0.25, 0.3) is 11.0 Å². The van der Waals surface area contributed by atoms with Crippen molar-refractivity contribution in [1.82, 2.24) is 0 Å². The number of aliphatic imine (C=N–C) groups is 1. The van der Waals surface area contributed by atoms with Crippen LogP contribution in [0.1, 0.15) is 17.3 Å². The second-order valence-corrected chi connectivity index (χ2v) is 11.7. The van der Waals surface area contributed by atoms with Gasteiger partial charge in [0.05, 0.1) is 16.3 Å². The van der Waals surface area contributed by atoms with E-state index in [4.69, 9.17) is 4.42 Å². The predicted molar refractivity (Wildman–Crippen MR) is 126 cm³/mol. The Labute approximate surface area is 191 Å². The molecule has 11 heteroatoms. The van der Waals surface area contributed by atoms with E-state index in [9.17, 15) is 22.8 Å². The third-order valence-electron chi connectivity index (χ3n) is 4.49. The van der Waals surface area contributed by atoms with Crippen LogP contribution in [0.15, 0.2) is 73.7 Å². The summed E-state index contributed by atoms with van der Waals surface area (Å²) in [6, 6.07) is 14.0. The van der Waals surface area contributed by atoms with Crippen LogP contribution in [0, 0.1) is 0 Å². The molecule has 2 aromatic carbocycles. The van der Waals surface area contributed by atoms with Crippen molar-refractivity contribution in [1.29, 1.82) is 0 Å². The zero-order valence-electron chi connectivity index (χ0n) is 16.7. The van der Waals surface area contributed by atoms with E-state index in [1.807, 2.05) is 0 Å². The van der Waals surface area contributed by atoms with E-state index in [1.165, 1.54) is 35.2 Å². The zero-order chi connectivity index (χ0) is 22.9. The Kier molecular flexibility index (Phi) is 6.22. The van der Waals surface area contributed by atoms with Gasteiger partial charge >= 0.3 is 5.63 Å². The largest absolute Gasteiger partial charge is 0.422 e. The van der Waals surface area contributed by atoms with E-state index in [0.29, 0.717) is 22.4 Å². The number of benzene rings is 2. The van der Waals surface area contributed by atoms with Gasteiger partial charge in [-0.3, -0.25) is 14.5 Å². The van der Waals surface area contributed by atoms with E-state index in [-0.39, 0.29) is 27.3 Å². The van der Waals surface area contributed by atoms with Crippen molar-refractivity contribution in [3.63, 3.8) is 0 Å². The molecule has 0 atom stereocenters. The fraction of sp³-hybridized carbons (Fsp3) is 0.143. The SMILES string of the molecule is CCSS(=O)(=O)c1ccc(N2C(=O)CSC2=NC(=O)c2cc3ccccc3oc2=O)cc1. The summed E-state index contributed by atoms with van der Waals surface area (Å²) in [6.45, 7) is 1.74. The number of hydrogen-bond acceptors (Lipinski definition) is 8. The minimum Gasteiger partial charge on any atom is -0.422 e. The zero-order valence-corrected chi connectivity index (χ0v) is 19.1. The molecular formula is C21H16N2O6S3. The molecular weight excluding hydrogens is 472 g/mol. The van der Waals surface area contributed by atoms with Crippen LogP contribution in [-0.2, 0) is 13.7 Å². The number of fused-ring (bicyclic) bond motifs is 1. The number of anilines is 1. The smallest absolute Gasteiger partial charge is 0.349 e. The van der Waals surface area contributed by atoms with Gasteiger partial charge in [0.25, 0.3) is 5.91 Å². The Morgan fingerprint density at radius 2 is 1.88 bits per heavy atom. The summed E-state index contributed by atoms with van der Waals surface area (Å²) in [7, 11) is -2.66. The second-order valence-electron chi connectivity index (χ2n) is 6.56. The summed E-state index contributed by atoms with van der Waals surface area (Å²) in [5.74, 6) is -0.673. The van der Waals surface area contributed by atoms with Crippen LogP contribution in [0.4, 0.5) is 5.69 Å². The number of thioether (sulfide) groups is 1. The minimum absolute atomic E-state index is 0.0597. The summed E-state index contributed by atoms with van der Waals surface area (Å²) < 4.78 is 29.6. The van der Waals surface area contributed by atoms with Gasteiger partial charge < -0.3 is 4.42 Å². The minimum atomic E-state index is -3.48. The molecule has 0 saturated carbocycles. The summed E-state index contributed by atoms with van der Waals surface area (Å²) in [6.07, 6.45) is 0. The van der Waals surface area contributed by atoms with Gasteiger partial charge in [0, 0.05) is 11.1 Å². The number of amides is 2. The molecule has 0 aliphatic carbocycles. The molecule has 2 heterocycles. The van der Waals surface area contributed by atoms with Gasteiger partial charge in [-0.1, -0.05) is 36.9 Å². The van der Waals surface area contributed by atoms with E-state index in [1.54, 1.807) is 31.2 Å². The molecule has 1 aliphatic heterocycles. The lowest BCUT2D eigenvalue weighted by Gasteiger charge is -2.16. The van der Waals surface area contributed by atoms with Crippen LogP contribution in [0.5, 0.6) is 0 Å². The van der Waals surface area contributed by atoms with Crippen molar-refractivity contribution in [3.8, 4) is 0 Å². The highest BCUT2D eigenvalue weighted by Gasteiger charge is 2.31. The van der Waals surface area contributed by atoms with E-state index >= 15 is 0 Å². The maximum atomic E-state index is 12.7. The normalized spacial score (nSPS) is 15.6. The van der Waals surface area contributed by atoms with Gasteiger partial charge in [0.15, 0.2) is 5.17 Å². The molecule has 1 aliphatic rings. The lowest BCUT2D eigenvalue weighted by Crippen LogP contribution is -2.30. The molecule has 0 unspecified atom stereocenters. The molecule has 1 aromatic heterocycles. The third kappa shape index (κ3) is 4.36. The molecule has 164 valence electrons. The average molecular weight is 489 g/mol. The maximum absolute atomic E-state index is 12.7. The first-order chi connectivity index (χ1) is 15.3. The number of nitrogens with zero attached hydrogens (tertiary/aromatic N) is 2. The average Bonchev–Trinajstić information content (AvgIpc) is 3.13. The van der Waals surface area contributed by atoms with Crippen molar-refractivity contribution in [3.05, 3.63) is 70.6 Å². The Balaban J connectivity index is 1.66. The number of carbonyl (C=O) groups is 2. The van der Waals surface area contributed by atoms with Crippen molar-refractivity contribution in [2.75, 3.05) is 16.4 Å². The van der Waals surface area contributed by atoms with E-state index in [0.717, 1.165) is 22.6 Å². The fourth-order valence-corrected chi connectivity index (χ4v) is 6.50. The molecule has 1 fully saturated rings. The van der Waals surface area contributed by atoms with Crippen LogP contribution >= 0.6 is 22.6 Å². The van der Waals surface area contributed by atoms with Gasteiger partial charge in [0.1, 0.15) is 11.1 Å². The van der Waals surface area contributed by atoms with Crippen molar-refractivity contribution >= 4 is 65.1 Å². The third-order valence-corrected chi connectivity index (χ3v) is 9.03. The Hall–Kier alpha value is -2.89. The van der Waals surface area contributed by atoms with Gasteiger partial charge in [-0.15, -0.1) is 0 Å². The molecule has 3 aromatic rings. The molecule has 0 spiro atoms. The quantitative estimate of drug-likeness (QED) is 0.396. The monoisotopic (exact) mass is 488 g/mol. The first kappa shape index (κ1) is 22.3. The standard InChI is InChI=1S/C21H16N2O6S3/c1-2-31-32(27,28)15-9-7-14(8-10-15)23-18(24)12-30-21(23)22-19(25)16-11-13-5-3-4-6-17(13)29-20(16)26/h3-11H,2,12H2,1H3. The summed E-state index contributed by atoms with van der Waals surface area (Å²) in [5.41, 5.74) is -0.335. The number of amidine groups is 1. The molecule has 0 radical (unpaired) electrons. The Morgan fingerprint density at radius 3 is 2.59 bits per heavy atom. The van der Waals surface area contributed by atoms with Gasteiger partial charge in [-0.25, -0.2) is 13.2 Å². The van der Waals surface area contributed by atoms with E-state index < -0.39 is 20.4 Å². The molecule has 32 heavy (non-hydrogen) atoms. The number of rotatable bonds is 5. The second kappa shape index (κ2) is 8.93. The van der Waals surface area contributed by atoms with Gasteiger partial charge in [0.2, 0.25) is 14.8 Å². The van der Waals surface area contributed by atoms with E-state index in [2.05, 4.69) is 4.99 Å². The molecule has 2 amide bonds. The number of carbonyl (C=O) groups excluding carboxylic acids is 2. The summed E-state index contributed by atoms with van der Waals surface area (Å²) in [5, 5.41) is 0.676. The summed E-state index contributed by atoms with van der Waals surface area (Å²) >= 11 is 1.05. The highest BCUT2D eigenvalue weighted by Crippen LogP contribution is 2.30. The maximum Gasteiger partial charge on any atom is 0.349 e. The van der Waals surface area contributed by atoms with Crippen LogP contribution in [-0.4, -0.2) is 36.9 Å². The Morgan fingerprint density at radius 1 is 1.16 bits per heavy atom. The fourth-order valence-electron chi connectivity index (χ4n) is 3.04. The predicted octanol–water partition coefficient (Wildman–Crippen LogP) is 3.51. The first-order valence-electron chi connectivity index (χ1n) is 9.41. The first-order valence-corrected chi connectivity index (χ1v) is 13.4. The molecule has 4 rings (SSSR count). The Bertz CT molecular complexity index is 1410. The van der Waals surface area contributed by atoms with Gasteiger partial charge in [-0.2, -0.15) is 4.99 Å². The highest BCUT2D eigenvalue weighted by atomic mass is 33.1. The van der Waals surface area contributed by atoms with Crippen LogP contribution in [0.3, 0.4) is 0 Å². The topological polar surface area (TPSA) is 114 Å².